The van der Waals surface area contributed by atoms with Gasteiger partial charge in [-0.15, -0.1) is 0 Å². The molecule has 14 unspecified atom stereocenters. The van der Waals surface area contributed by atoms with E-state index < -0.39 is 24.0 Å². The molecule has 4 aliphatic rings. The molecule has 16 heteroatoms. The van der Waals surface area contributed by atoms with Crippen molar-refractivity contribution in [2.75, 3.05) is 13.2 Å². The van der Waals surface area contributed by atoms with E-state index in [4.69, 9.17) is 18.9 Å². The highest BCUT2D eigenvalue weighted by Crippen LogP contribution is 2.69. The molecule has 0 saturated heterocycles. The first-order valence-corrected chi connectivity index (χ1v) is 37.7. The minimum absolute atomic E-state index is 0. The summed E-state index contributed by atoms with van der Waals surface area (Å²) in [5, 5.41) is 15.5. The fraction of sp³-hybridized carbons (Fsp3) is 0.911. The number of carbonyl (C=O) groups is 7. The Balaban J connectivity index is 0.000000761. The quantitative estimate of drug-likeness (QED) is 0.0362. The lowest BCUT2D eigenvalue weighted by Gasteiger charge is -2.65. The summed E-state index contributed by atoms with van der Waals surface area (Å²) < 4.78 is 26.5. The molecule has 4 rings (SSSR count). The molecule has 2 amide bonds. The molecule has 0 radical (unpaired) electrons. The van der Waals surface area contributed by atoms with Crippen LogP contribution in [0, 0.1) is 75.9 Å². The number of ketones is 5. The topological polar surface area (TPSA) is 217 Å². The zero-order valence-corrected chi connectivity index (χ0v) is 64.9. The number of amides is 2. The van der Waals surface area contributed by atoms with Crippen molar-refractivity contribution in [2.24, 2.45) is 75.9 Å². The van der Waals surface area contributed by atoms with E-state index in [0.29, 0.717) is 89.6 Å². The first-order valence-electron chi connectivity index (χ1n) is 37.7. The number of fused-ring (bicyclic) bond motifs is 5. The van der Waals surface area contributed by atoms with Gasteiger partial charge in [-0.1, -0.05) is 139 Å². The van der Waals surface area contributed by atoms with Gasteiger partial charge in [0.2, 0.25) is 11.8 Å². The summed E-state index contributed by atoms with van der Waals surface area (Å²) in [5.41, 5.74) is 0.521. The van der Waals surface area contributed by atoms with Crippen molar-refractivity contribution in [3.8, 4) is 0 Å². The van der Waals surface area contributed by atoms with Crippen LogP contribution in [0.3, 0.4) is 0 Å². The van der Waals surface area contributed by atoms with Crippen LogP contribution in [0.1, 0.15) is 291 Å². The third-order valence-corrected chi connectivity index (χ3v) is 20.7. The van der Waals surface area contributed by atoms with Gasteiger partial charge in [-0.2, -0.15) is 0 Å². The molecule has 0 heterocycles. The molecular weight excluding hydrogens is 1190 g/mol. The maximum atomic E-state index is 12.8. The highest BCUT2D eigenvalue weighted by atomic mass is 16.5. The van der Waals surface area contributed by atoms with E-state index in [1.165, 1.54) is 44.9 Å². The Bertz CT molecular complexity index is 2280. The third-order valence-electron chi connectivity index (χ3n) is 20.7. The second-order valence-corrected chi connectivity index (χ2v) is 33.1. The molecule has 16 nitrogen and oxygen atoms in total. The predicted octanol–water partition coefficient (Wildman–Crippen LogP) is 14.9. The molecule has 0 spiro atoms. The molecule has 4 aliphatic carbocycles. The van der Waals surface area contributed by atoms with E-state index in [9.17, 15) is 33.6 Å². The van der Waals surface area contributed by atoms with Crippen molar-refractivity contribution < 1.29 is 52.5 Å². The van der Waals surface area contributed by atoms with Gasteiger partial charge < -0.3 is 45.5 Å². The average molecular weight is 1350 g/mol. The number of ether oxygens (including phenoxy) is 4. The smallest absolute Gasteiger partial charge is 0.220 e. The Morgan fingerprint density at radius 1 is 0.463 bits per heavy atom. The minimum atomic E-state index is -0.859. The van der Waals surface area contributed by atoms with Crippen molar-refractivity contribution in [1.29, 1.82) is 0 Å². The van der Waals surface area contributed by atoms with Crippen LogP contribution in [0.4, 0.5) is 0 Å². The molecule has 0 aromatic rings. The SMILES string of the molecule is C.CC(C)NC(CCC(=O)NC(CCC(=O)NC(CCC(=O)C(C)C)C(=O)C(C)C)C(=O)C(C)C)C(=O)C(C)C.CC(C)NCCCC(NC(C)C)C(=O)C(C)C.CC(C)OC[C@@H](C)C1CCC2C3C(OC(C)C)CC4CC(OC(C)C)CCC4(C)C3CC(OC(C)C)C21C. The van der Waals surface area contributed by atoms with Gasteiger partial charge >= 0.3 is 0 Å². The highest BCUT2D eigenvalue weighted by Gasteiger charge is 2.67. The van der Waals surface area contributed by atoms with Crippen molar-refractivity contribution in [3.63, 3.8) is 0 Å². The molecule has 0 aliphatic heterocycles. The summed E-state index contributed by atoms with van der Waals surface area (Å²) in [7, 11) is 0. The number of Topliss-reactive ketones (excluding diaryl/α,β-unsaturated/α-hetero) is 5. The van der Waals surface area contributed by atoms with E-state index in [0.717, 1.165) is 26.0 Å². The van der Waals surface area contributed by atoms with Crippen molar-refractivity contribution in [2.45, 2.75) is 376 Å². The Morgan fingerprint density at radius 3 is 1.35 bits per heavy atom. The van der Waals surface area contributed by atoms with E-state index in [-0.39, 0.29) is 134 Å². The van der Waals surface area contributed by atoms with E-state index >= 15 is 0 Å². The largest absolute Gasteiger partial charge is 0.379 e. The van der Waals surface area contributed by atoms with Crippen LogP contribution in [0.15, 0.2) is 0 Å². The van der Waals surface area contributed by atoms with Crippen LogP contribution in [0.2, 0.25) is 0 Å². The molecule has 0 aromatic carbocycles. The summed E-state index contributed by atoms with van der Waals surface area (Å²) in [6.07, 6.45) is 13.6. The van der Waals surface area contributed by atoms with Crippen molar-refractivity contribution in [1.82, 2.24) is 26.6 Å². The maximum Gasteiger partial charge on any atom is 0.220 e. The van der Waals surface area contributed by atoms with Gasteiger partial charge in [-0.25, -0.2) is 0 Å². The van der Waals surface area contributed by atoms with Gasteiger partial charge in [0.15, 0.2) is 23.1 Å². The summed E-state index contributed by atoms with van der Waals surface area (Å²) in [5.74, 6) is 2.20. The maximum absolute atomic E-state index is 12.8. The monoisotopic (exact) mass is 1340 g/mol. The zero-order valence-electron chi connectivity index (χ0n) is 64.9. The van der Waals surface area contributed by atoms with Gasteiger partial charge in [0.1, 0.15) is 5.78 Å². The number of hydrogen-bond donors (Lipinski definition) is 5. The minimum Gasteiger partial charge on any atom is -0.379 e. The third kappa shape index (κ3) is 29.2. The van der Waals surface area contributed by atoms with Crippen molar-refractivity contribution in [3.05, 3.63) is 0 Å². The molecule has 15 atom stereocenters. The van der Waals surface area contributed by atoms with Gasteiger partial charge in [-0.3, -0.25) is 33.6 Å². The summed E-state index contributed by atoms with van der Waals surface area (Å²) in [4.78, 5) is 87.7. The van der Waals surface area contributed by atoms with E-state index in [1.54, 1.807) is 41.5 Å². The van der Waals surface area contributed by atoms with Crippen molar-refractivity contribution >= 4 is 40.7 Å². The number of nitrogens with one attached hydrogen (secondary N) is 5. The predicted molar refractivity (Wildman–Crippen MR) is 390 cm³/mol. The fourth-order valence-electron chi connectivity index (χ4n) is 16.0. The first-order chi connectivity index (χ1) is 43.6. The fourth-order valence-corrected chi connectivity index (χ4v) is 16.0. The highest BCUT2D eigenvalue weighted by molar-refractivity contribution is 5.93. The normalized spacial score (nSPS) is 25.8. The molecule has 0 bridgehead atoms. The molecule has 556 valence electrons. The molecule has 0 aromatic heterocycles. The van der Waals surface area contributed by atoms with Crippen LogP contribution in [-0.2, 0) is 52.5 Å². The van der Waals surface area contributed by atoms with Crippen LogP contribution >= 0.6 is 0 Å². The van der Waals surface area contributed by atoms with E-state index in [2.05, 4.69) is 130 Å². The van der Waals surface area contributed by atoms with E-state index in [1.807, 2.05) is 41.5 Å². The van der Waals surface area contributed by atoms with Crippen LogP contribution in [0.25, 0.3) is 0 Å². The standard InChI is InChI=1S/C34H62O4.C30H53N3O6.C14H30N2O.CH4/c1-20(2)35-19-24(9)27-12-13-28-32-29(18-31(34(27,28)11)38-23(7)8)33(10)15-14-26(36-21(3)4)16-25(33)17-30(32)37-22(5)6;1-17(2)25(34)14-11-23(29(38)19(5)6)32-27(36)16-13-24(30(39)20(7)8)33-26(35)15-12-22(31-21(9)10)28(37)18(3)4;1-10(2)14(17)13(16-12(5)6)8-7-9-15-11(3)4;/h20-32H,12-19H2,1-11H3;17-24,31H,11-16H2,1-10H3,(H,32,36)(H,33,35);10-13,15-16H,7-9H2,1-6H3;1H4/t24-,25?,26?,27?,28?,29?,30?,31?,32?,33?,34?;;;/m1.../s1. The summed E-state index contributed by atoms with van der Waals surface area (Å²) in [6.45, 7) is 57.7. The number of carbonyl (C=O) groups excluding carboxylic acids is 7. The molecule has 4 fully saturated rings. The number of rotatable bonds is 39. The van der Waals surface area contributed by atoms with Gasteiger partial charge in [0, 0.05) is 79.0 Å². The second kappa shape index (κ2) is 43.0. The Labute approximate surface area is 582 Å². The molecule has 5 N–H and O–H groups in total. The van der Waals surface area contributed by atoms with Gasteiger partial charge in [-0.05, 0) is 180 Å². The van der Waals surface area contributed by atoms with Gasteiger partial charge in [0.25, 0.3) is 0 Å². The number of hydrogen-bond acceptors (Lipinski definition) is 14. The lowest BCUT2D eigenvalue weighted by atomic mass is 9.43. The first kappa shape index (κ1) is 90.0. The second-order valence-electron chi connectivity index (χ2n) is 33.1. The summed E-state index contributed by atoms with van der Waals surface area (Å²) >= 11 is 0. The van der Waals surface area contributed by atoms with Crippen LogP contribution in [-0.4, -0.2) is 139 Å². The lowest BCUT2D eigenvalue weighted by molar-refractivity contribution is -0.238. The lowest BCUT2D eigenvalue weighted by Crippen LogP contribution is -2.63. The Hall–Kier alpha value is -2.99. The molecular formula is C79H149N5O11. The molecule has 4 saturated carbocycles. The van der Waals surface area contributed by atoms with Gasteiger partial charge in [0.05, 0.1) is 66.9 Å². The average Bonchev–Trinajstić information content (AvgIpc) is 1.68. The molecule has 95 heavy (non-hydrogen) atoms. The summed E-state index contributed by atoms with van der Waals surface area (Å²) in [6, 6.07) is -1.12. The Morgan fingerprint density at radius 2 is 0.916 bits per heavy atom. The Kier molecular flexibility index (Phi) is 40.7. The van der Waals surface area contributed by atoms with Crippen LogP contribution < -0.4 is 26.6 Å². The zero-order chi connectivity index (χ0) is 71.9. The van der Waals surface area contributed by atoms with Crippen LogP contribution in [0.5, 0.6) is 0 Å².